The molecular weight excluding hydrogens is 306 g/mol. The number of likely N-dealkylation sites (tertiary alicyclic amines) is 1. The van der Waals surface area contributed by atoms with E-state index in [0.717, 1.165) is 35.0 Å². The highest BCUT2D eigenvalue weighted by atomic mass is 79.9. The van der Waals surface area contributed by atoms with Crippen molar-refractivity contribution in [3.63, 3.8) is 0 Å². The van der Waals surface area contributed by atoms with E-state index in [1.807, 2.05) is 30.0 Å². The summed E-state index contributed by atoms with van der Waals surface area (Å²) < 4.78 is 6.40. The van der Waals surface area contributed by atoms with Crippen LogP contribution in [-0.2, 0) is 4.74 Å². The Bertz CT molecular complexity index is 489. The zero-order valence-corrected chi connectivity index (χ0v) is 13.3. The number of aryl methyl sites for hydroxylation is 1. The number of piperidine rings is 1. The van der Waals surface area contributed by atoms with Crippen molar-refractivity contribution in [3.05, 3.63) is 33.8 Å². The summed E-state index contributed by atoms with van der Waals surface area (Å²) >= 11 is 3.48. The molecule has 0 N–H and O–H groups in total. The van der Waals surface area contributed by atoms with Crippen LogP contribution in [0.2, 0.25) is 0 Å². The van der Waals surface area contributed by atoms with E-state index in [1.165, 1.54) is 0 Å². The summed E-state index contributed by atoms with van der Waals surface area (Å²) in [6, 6.07) is 5.84. The van der Waals surface area contributed by atoms with Crippen molar-refractivity contribution < 1.29 is 9.53 Å². The van der Waals surface area contributed by atoms with Crippen LogP contribution in [0, 0.1) is 6.92 Å². The lowest BCUT2D eigenvalue weighted by molar-refractivity contribution is -0.0440. The van der Waals surface area contributed by atoms with Crippen molar-refractivity contribution in [2.45, 2.75) is 32.3 Å². The topological polar surface area (TPSA) is 29.5 Å². The van der Waals surface area contributed by atoms with Gasteiger partial charge in [0.15, 0.2) is 0 Å². The number of methoxy groups -OCH3 is 1. The summed E-state index contributed by atoms with van der Waals surface area (Å²) in [4.78, 5) is 14.5. The Morgan fingerprint density at radius 2 is 2.21 bits per heavy atom. The Morgan fingerprint density at radius 3 is 2.84 bits per heavy atom. The number of nitrogens with zero attached hydrogens (tertiary/aromatic N) is 1. The number of hydrogen-bond donors (Lipinski definition) is 0. The molecule has 3 nitrogen and oxygen atoms in total. The van der Waals surface area contributed by atoms with E-state index in [-0.39, 0.29) is 11.5 Å². The molecule has 1 aliphatic heterocycles. The predicted molar refractivity (Wildman–Crippen MR) is 79.4 cm³/mol. The normalized spacial score (nSPS) is 23.5. The highest BCUT2D eigenvalue weighted by molar-refractivity contribution is 9.10. The van der Waals surface area contributed by atoms with Gasteiger partial charge in [0.25, 0.3) is 5.91 Å². The molecule has 1 atom stereocenters. The van der Waals surface area contributed by atoms with Gasteiger partial charge in [-0.05, 0) is 60.3 Å². The first-order valence-corrected chi connectivity index (χ1v) is 7.35. The highest BCUT2D eigenvalue weighted by Crippen LogP contribution is 2.27. The molecule has 1 heterocycles. The second-order valence-corrected chi connectivity index (χ2v) is 6.32. The Balaban J connectivity index is 2.19. The lowest BCUT2D eigenvalue weighted by Gasteiger charge is -2.39. The van der Waals surface area contributed by atoms with E-state index >= 15 is 0 Å². The molecule has 2 rings (SSSR count). The smallest absolute Gasteiger partial charge is 0.255 e. The van der Waals surface area contributed by atoms with Gasteiger partial charge in [0, 0.05) is 24.7 Å². The van der Waals surface area contributed by atoms with Gasteiger partial charge in [-0.1, -0.05) is 6.07 Å². The first-order valence-electron chi connectivity index (χ1n) is 6.56. The second-order valence-electron chi connectivity index (χ2n) is 5.47. The quantitative estimate of drug-likeness (QED) is 0.834. The highest BCUT2D eigenvalue weighted by Gasteiger charge is 2.33. The van der Waals surface area contributed by atoms with Crippen LogP contribution in [0.4, 0.5) is 0 Å². The van der Waals surface area contributed by atoms with Gasteiger partial charge in [0.05, 0.1) is 11.2 Å². The Labute approximate surface area is 123 Å². The van der Waals surface area contributed by atoms with Crippen molar-refractivity contribution in [1.29, 1.82) is 0 Å². The zero-order valence-electron chi connectivity index (χ0n) is 11.7. The number of halogens is 1. The molecule has 1 aromatic rings. The molecule has 0 radical (unpaired) electrons. The van der Waals surface area contributed by atoms with Crippen LogP contribution in [0.5, 0.6) is 0 Å². The Kier molecular flexibility index (Phi) is 4.31. The predicted octanol–water partition coefficient (Wildman–Crippen LogP) is 3.40. The minimum atomic E-state index is -0.217. The minimum Gasteiger partial charge on any atom is -0.377 e. The van der Waals surface area contributed by atoms with Crippen molar-refractivity contribution >= 4 is 21.8 Å². The van der Waals surface area contributed by atoms with E-state index in [1.54, 1.807) is 7.11 Å². The molecular formula is C15H20BrNO2. The van der Waals surface area contributed by atoms with Gasteiger partial charge < -0.3 is 9.64 Å². The summed E-state index contributed by atoms with van der Waals surface area (Å²) in [5.41, 5.74) is 1.65. The molecule has 1 amide bonds. The molecule has 19 heavy (non-hydrogen) atoms. The molecule has 0 bridgehead atoms. The first-order chi connectivity index (χ1) is 8.95. The van der Waals surface area contributed by atoms with Crippen LogP contribution in [0.15, 0.2) is 22.7 Å². The van der Waals surface area contributed by atoms with Crippen molar-refractivity contribution in [1.82, 2.24) is 4.90 Å². The number of rotatable bonds is 2. The molecule has 1 unspecified atom stereocenters. The van der Waals surface area contributed by atoms with E-state index in [9.17, 15) is 4.79 Å². The number of benzene rings is 1. The van der Waals surface area contributed by atoms with Crippen LogP contribution in [0.1, 0.15) is 35.7 Å². The van der Waals surface area contributed by atoms with Crippen LogP contribution in [0.25, 0.3) is 0 Å². The fourth-order valence-corrected chi connectivity index (χ4v) is 3.17. The third-order valence-corrected chi connectivity index (χ3v) is 4.45. The number of amides is 1. The summed E-state index contributed by atoms with van der Waals surface area (Å²) in [6.45, 7) is 5.54. The molecule has 0 aromatic heterocycles. The van der Waals surface area contributed by atoms with Gasteiger partial charge in [-0.25, -0.2) is 0 Å². The van der Waals surface area contributed by atoms with E-state index < -0.39 is 0 Å². The summed E-state index contributed by atoms with van der Waals surface area (Å²) in [7, 11) is 1.72. The number of hydrogen-bond acceptors (Lipinski definition) is 2. The Morgan fingerprint density at radius 1 is 1.47 bits per heavy atom. The van der Waals surface area contributed by atoms with Gasteiger partial charge in [-0.15, -0.1) is 0 Å². The first kappa shape index (κ1) is 14.5. The molecule has 1 aromatic carbocycles. The van der Waals surface area contributed by atoms with Gasteiger partial charge in [-0.3, -0.25) is 4.79 Å². The summed E-state index contributed by atoms with van der Waals surface area (Å²) in [5, 5.41) is 0. The van der Waals surface area contributed by atoms with Crippen LogP contribution >= 0.6 is 15.9 Å². The van der Waals surface area contributed by atoms with E-state index in [2.05, 4.69) is 22.9 Å². The SMILES string of the molecule is COC1(C)CCCN(C(=O)c2ccc(C)cc2Br)C1. The molecule has 0 saturated carbocycles. The van der Waals surface area contributed by atoms with Crippen LogP contribution in [0.3, 0.4) is 0 Å². The molecule has 1 saturated heterocycles. The Hall–Kier alpha value is -0.870. The lowest BCUT2D eigenvalue weighted by atomic mass is 9.94. The lowest BCUT2D eigenvalue weighted by Crippen LogP contribution is -2.49. The molecule has 1 aliphatic rings. The third-order valence-electron chi connectivity index (χ3n) is 3.79. The molecule has 0 aliphatic carbocycles. The maximum atomic E-state index is 12.6. The average Bonchev–Trinajstić information content (AvgIpc) is 2.38. The number of ether oxygens (including phenoxy) is 1. The fraction of sp³-hybridized carbons (Fsp3) is 0.533. The fourth-order valence-electron chi connectivity index (χ4n) is 2.51. The van der Waals surface area contributed by atoms with Gasteiger partial charge >= 0.3 is 0 Å². The molecule has 104 valence electrons. The number of carbonyl (C=O) groups is 1. The number of carbonyl (C=O) groups excluding carboxylic acids is 1. The van der Waals surface area contributed by atoms with Gasteiger partial charge in [0.2, 0.25) is 0 Å². The standard InChI is InChI=1S/C15H20BrNO2/c1-11-5-6-12(13(16)9-11)14(18)17-8-4-7-15(2,10-17)19-3/h5-6,9H,4,7-8,10H2,1-3H3. The van der Waals surface area contributed by atoms with Crippen LogP contribution in [-0.4, -0.2) is 36.6 Å². The van der Waals surface area contributed by atoms with Gasteiger partial charge in [-0.2, -0.15) is 0 Å². The van der Waals surface area contributed by atoms with Crippen molar-refractivity contribution in [2.24, 2.45) is 0 Å². The monoisotopic (exact) mass is 325 g/mol. The van der Waals surface area contributed by atoms with Crippen molar-refractivity contribution in [2.75, 3.05) is 20.2 Å². The zero-order chi connectivity index (χ0) is 14.0. The summed E-state index contributed by atoms with van der Waals surface area (Å²) in [5.74, 6) is 0.0786. The minimum absolute atomic E-state index is 0.0786. The van der Waals surface area contributed by atoms with E-state index in [0.29, 0.717) is 6.54 Å². The average molecular weight is 326 g/mol. The third kappa shape index (κ3) is 3.18. The largest absolute Gasteiger partial charge is 0.377 e. The molecule has 1 fully saturated rings. The van der Waals surface area contributed by atoms with E-state index in [4.69, 9.17) is 4.74 Å². The van der Waals surface area contributed by atoms with Gasteiger partial charge in [0.1, 0.15) is 0 Å². The van der Waals surface area contributed by atoms with Crippen molar-refractivity contribution in [3.8, 4) is 0 Å². The van der Waals surface area contributed by atoms with Crippen LogP contribution < -0.4 is 0 Å². The maximum absolute atomic E-state index is 12.6. The summed E-state index contributed by atoms with van der Waals surface area (Å²) in [6.07, 6.45) is 1.99. The molecule has 0 spiro atoms. The second kappa shape index (κ2) is 5.63. The maximum Gasteiger partial charge on any atom is 0.255 e. The molecule has 4 heteroatoms.